The van der Waals surface area contributed by atoms with Gasteiger partial charge in [0.05, 0.1) is 5.69 Å². The van der Waals surface area contributed by atoms with Crippen molar-refractivity contribution in [1.29, 1.82) is 0 Å². The first kappa shape index (κ1) is 7.36. The number of carbonyl (C=O) groups is 1. The number of nitrogens with two attached hydrogens (primary N) is 1. The van der Waals surface area contributed by atoms with Gasteiger partial charge in [-0.1, -0.05) is 0 Å². The molecule has 3 nitrogen and oxygen atoms in total. The van der Waals surface area contributed by atoms with E-state index in [1.165, 1.54) is 4.88 Å². The minimum absolute atomic E-state index is 0.346. The molecule has 1 aliphatic heterocycles. The maximum absolute atomic E-state index is 10.8. The van der Waals surface area contributed by atoms with Crippen LogP contribution in [-0.4, -0.2) is 5.91 Å². The Balaban J connectivity index is 2.29. The lowest BCUT2D eigenvalue weighted by Crippen LogP contribution is -2.18. The van der Waals surface area contributed by atoms with Crippen LogP contribution in [0.5, 0.6) is 0 Å². The Bertz CT molecular complexity index is 354. The quantitative estimate of drug-likeness (QED) is 0.679. The maximum atomic E-state index is 10.8. The maximum Gasteiger partial charge on any atom is 0.246 e. The van der Waals surface area contributed by atoms with Crippen LogP contribution in [0.25, 0.3) is 0 Å². The van der Waals surface area contributed by atoms with Gasteiger partial charge in [-0.2, -0.15) is 0 Å². The third-order valence-electron chi connectivity index (χ3n) is 1.81. The zero-order chi connectivity index (χ0) is 8.55. The number of thiophene rings is 1. The third-order valence-corrected chi connectivity index (χ3v) is 2.74. The fourth-order valence-corrected chi connectivity index (χ4v) is 2.01. The van der Waals surface area contributed by atoms with Gasteiger partial charge >= 0.3 is 0 Å². The Morgan fingerprint density at radius 1 is 1.67 bits per heavy atom. The number of anilines is 1. The van der Waals surface area contributed by atoms with Crippen molar-refractivity contribution in [3.63, 3.8) is 0 Å². The highest BCUT2D eigenvalue weighted by atomic mass is 32.1. The molecule has 0 atom stereocenters. The number of hydrogen-bond donors (Lipinski definition) is 2. The van der Waals surface area contributed by atoms with Crippen LogP contribution in [0.2, 0.25) is 0 Å². The number of hydrogen-bond acceptors (Lipinski definition) is 3. The van der Waals surface area contributed by atoms with Crippen LogP contribution < -0.4 is 11.1 Å². The monoisotopic (exact) mass is 180 g/mol. The lowest BCUT2D eigenvalue weighted by Gasteiger charge is -2.11. The fraction of sp³-hybridized carbons (Fsp3) is 0.125. The molecule has 1 aliphatic rings. The van der Waals surface area contributed by atoms with Gasteiger partial charge < -0.3 is 11.1 Å². The summed E-state index contributed by atoms with van der Waals surface area (Å²) < 4.78 is 0. The summed E-state index contributed by atoms with van der Waals surface area (Å²) in [6.07, 6.45) is 2.34. The lowest BCUT2D eigenvalue weighted by atomic mass is 10.1. The molecule has 0 unspecified atom stereocenters. The number of nitrogens with one attached hydrogen (secondary N) is 1. The van der Waals surface area contributed by atoms with Crippen LogP contribution >= 0.6 is 11.3 Å². The second kappa shape index (κ2) is 2.64. The summed E-state index contributed by atoms with van der Waals surface area (Å²) in [6.45, 7) is 0. The second-order valence-electron chi connectivity index (χ2n) is 2.61. The van der Waals surface area contributed by atoms with Crippen molar-refractivity contribution in [3.05, 3.63) is 28.1 Å². The molecular weight excluding hydrogens is 172 g/mol. The van der Waals surface area contributed by atoms with Gasteiger partial charge in [-0.3, -0.25) is 4.79 Å². The zero-order valence-corrected chi connectivity index (χ0v) is 7.15. The molecule has 0 spiro atoms. The Labute approximate surface area is 73.9 Å². The first-order chi connectivity index (χ1) is 5.77. The smallest absolute Gasteiger partial charge is 0.246 e. The van der Waals surface area contributed by atoms with E-state index in [1.807, 2.05) is 11.4 Å². The Kier molecular flexibility index (Phi) is 1.62. The molecule has 0 saturated carbocycles. The van der Waals surface area contributed by atoms with Crippen molar-refractivity contribution in [1.82, 2.24) is 0 Å². The van der Waals surface area contributed by atoms with Gasteiger partial charge in [0.2, 0.25) is 5.91 Å². The Morgan fingerprint density at radius 3 is 3.25 bits per heavy atom. The zero-order valence-electron chi connectivity index (χ0n) is 6.33. The van der Waals surface area contributed by atoms with Crippen LogP contribution in [0.15, 0.2) is 23.2 Å². The van der Waals surface area contributed by atoms with Crippen molar-refractivity contribution in [3.8, 4) is 0 Å². The Morgan fingerprint density at radius 2 is 2.50 bits per heavy atom. The van der Waals surface area contributed by atoms with Gasteiger partial charge in [0.15, 0.2) is 0 Å². The predicted molar refractivity (Wildman–Crippen MR) is 48.9 cm³/mol. The normalized spacial score (nSPS) is 14.5. The summed E-state index contributed by atoms with van der Waals surface area (Å²) in [5.41, 5.74) is 6.88. The summed E-state index contributed by atoms with van der Waals surface area (Å²) in [6, 6.07) is 1.99. The highest BCUT2D eigenvalue weighted by Gasteiger charge is 2.14. The predicted octanol–water partition coefficient (Wildman–Crippen LogP) is 1.09. The average molecular weight is 180 g/mol. The highest BCUT2D eigenvalue weighted by molar-refractivity contribution is 7.10. The lowest BCUT2D eigenvalue weighted by molar-refractivity contribution is -0.114. The SMILES string of the molecule is NC(=O)C1=CNc2ccsc2C1. The molecule has 2 heterocycles. The van der Waals surface area contributed by atoms with Gasteiger partial charge in [0, 0.05) is 23.1 Å². The minimum Gasteiger partial charge on any atom is -0.366 e. The largest absolute Gasteiger partial charge is 0.366 e. The molecule has 0 radical (unpaired) electrons. The molecule has 0 saturated heterocycles. The Hall–Kier alpha value is -1.29. The molecule has 1 aromatic heterocycles. The van der Waals surface area contributed by atoms with Gasteiger partial charge in [-0.05, 0) is 11.4 Å². The molecule has 2 rings (SSSR count). The molecule has 12 heavy (non-hydrogen) atoms. The molecule has 0 aliphatic carbocycles. The van der Waals surface area contributed by atoms with Crippen LogP contribution in [0.1, 0.15) is 4.88 Å². The molecule has 0 aromatic carbocycles. The van der Waals surface area contributed by atoms with Gasteiger partial charge in [0.1, 0.15) is 0 Å². The number of fused-ring (bicyclic) bond motifs is 1. The van der Waals surface area contributed by atoms with Crippen LogP contribution in [0.3, 0.4) is 0 Å². The number of amides is 1. The van der Waals surface area contributed by atoms with E-state index in [-0.39, 0.29) is 5.91 Å². The van der Waals surface area contributed by atoms with Crippen LogP contribution in [-0.2, 0) is 11.2 Å². The van der Waals surface area contributed by atoms with Gasteiger partial charge in [-0.15, -0.1) is 11.3 Å². The number of rotatable bonds is 1. The molecular formula is C8H8N2OS. The molecule has 4 heteroatoms. The van der Waals surface area contributed by atoms with E-state index in [2.05, 4.69) is 5.32 Å². The second-order valence-corrected chi connectivity index (χ2v) is 3.61. The summed E-state index contributed by atoms with van der Waals surface area (Å²) in [5, 5.41) is 5.02. The molecule has 3 N–H and O–H groups in total. The minimum atomic E-state index is -0.346. The summed E-state index contributed by atoms with van der Waals surface area (Å²) >= 11 is 1.64. The van der Waals surface area contributed by atoms with Crippen molar-refractivity contribution in [2.45, 2.75) is 6.42 Å². The van der Waals surface area contributed by atoms with E-state index in [4.69, 9.17) is 5.73 Å². The van der Waals surface area contributed by atoms with Crippen LogP contribution in [0.4, 0.5) is 5.69 Å². The number of carbonyl (C=O) groups excluding carboxylic acids is 1. The third kappa shape index (κ3) is 1.10. The summed E-state index contributed by atoms with van der Waals surface area (Å²) in [7, 11) is 0. The van der Waals surface area contributed by atoms with Crippen molar-refractivity contribution >= 4 is 22.9 Å². The summed E-state index contributed by atoms with van der Waals surface area (Å²) in [4.78, 5) is 12.0. The molecule has 62 valence electrons. The topological polar surface area (TPSA) is 55.1 Å². The van der Waals surface area contributed by atoms with Crippen molar-refractivity contribution in [2.75, 3.05) is 5.32 Å². The molecule has 0 bridgehead atoms. The van der Waals surface area contributed by atoms with E-state index in [1.54, 1.807) is 17.5 Å². The molecule has 1 aromatic rings. The average Bonchev–Trinajstić information content (AvgIpc) is 2.49. The number of primary amides is 1. The highest BCUT2D eigenvalue weighted by Crippen LogP contribution is 2.28. The van der Waals surface area contributed by atoms with E-state index < -0.39 is 0 Å². The van der Waals surface area contributed by atoms with Crippen molar-refractivity contribution < 1.29 is 4.79 Å². The van der Waals surface area contributed by atoms with E-state index >= 15 is 0 Å². The van der Waals surface area contributed by atoms with Gasteiger partial charge in [-0.25, -0.2) is 0 Å². The molecule has 0 fully saturated rings. The standard InChI is InChI=1S/C8H8N2OS/c9-8(11)5-3-7-6(10-4-5)1-2-12-7/h1-2,4,10H,3H2,(H2,9,11). The molecule has 1 amide bonds. The van der Waals surface area contributed by atoms with E-state index in [0.717, 1.165) is 5.69 Å². The summed E-state index contributed by atoms with van der Waals surface area (Å²) in [5.74, 6) is -0.346. The van der Waals surface area contributed by atoms with E-state index in [9.17, 15) is 4.79 Å². The van der Waals surface area contributed by atoms with Crippen molar-refractivity contribution in [2.24, 2.45) is 5.73 Å². The van der Waals surface area contributed by atoms with Gasteiger partial charge in [0.25, 0.3) is 0 Å². The first-order valence-electron chi connectivity index (χ1n) is 3.59. The fourth-order valence-electron chi connectivity index (χ4n) is 1.15. The first-order valence-corrected chi connectivity index (χ1v) is 4.47. The van der Waals surface area contributed by atoms with Crippen LogP contribution in [0, 0.1) is 0 Å². The van der Waals surface area contributed by atoms with E-state index in [0.29, 0.717) is 12.0 Å².